The zero-order valence-electron chi connectivity index (χ0n) is 13.2. The molecule has 3 rings (SSSR count). The van der Waals surface area contributed by atoms with Crippen molar-refractivity contribution < 1.29 is 13.6 Å². The van der Waals surface area contributed by atoms with Gasteiger partial charge in [0, 0.05) is 24.6 Å². The summed E-state index contributed by atoms with van der Waals surface area (Å²) in [6.07, 6.45) is 1.61. The van der Waals surface area contributed by atoms with E-state index >= 15 is 0 Å². The Hall–Kier alpha value is -2.09. The van der Waals surface area contributed by atoms with Crippen LogP contribution < -0.4 is 10.5 Å². The quantitative estimate of drug-likeness (QED) is 0.922. The highest BCUT2D eigenvalue weighted by Gasteiger charge is 2.41. The van der Waals surface area contributed by atoms with E-state index in [1.807, 2.05) is 0 Å². The number of nitrogens with two attached hydrogens (primary N) is 1. The zero-order chi connectivity index (χ0) is 17.3. The maximum absolute atomic E-state index is 14.0. The summed E-state index contributed by atoms with van der Waals surface area (Å²) in [5.74, 6) is -3.25. The average molecular weight is 352 g/mol. The molecule has 5 nitrogen and oxygen atoms in total. The molecule has 1 aromatic carbocycles. The fourth-order valence-corrected chi connectivity index (χ4v) is 3.67. The molecule has 2 N–H and O–H groups in total. The molecule has 0 saturated heterocycles. The Kier molecular flexibility index (Phi) is 4.49. The molecular weight excluding hydrogens is 334 g/mol. The third kappa shape index (κ3) is 3.38. The summed E-state index contributed by atoms with van der Waals surface area (Å²) >= 11 is 1.26. The Labute approximate surface area is 141 Å². The van der Waals surface area contributed by atoms with Gasteiger partial charge in [0.1, 0.15) is 11.0 Å². The van der Waals surface area contributed by atoms with E-state index in [1.165, 1.54) is 16.0 Å². The van der Waals surface area contributed by atoms with Crippen LogP contribution in [0.15, 0.2) is 29.3 Å². The molecule has 1 aliphatic carbocycles. The molecule has 0 bridgehead atoms. The van der Waals surface area contributed by atoms with Gasteiger partial charge in [-0.15, -0.1) is 0 Å². The second-order valence-corrected chi connectivity index (χ2v) is 6.86. The fourth-order valence-electron chi connectivity index (χ4n) is 2.72. The number of primary amides is 1. The predicted molar refractivity (Wildman–Crippen MR) is 87.8 cm³/mol. The van der Waals surface area contributed by atoms with Gasteiger partial charge in [0.25, 0.3) is 5.92 Å². The van der Waals surface area contributed by atoms with Gasteiger partial charge in [-0.25, -0.2) is 18.5 Å². The summed E-state index contributed by atoms with van der Waals surface area (Å²) in [6.45, 7) is 0. The molecule has 24 heavy (non-hydrogen) atoms. The van der Waals surface area contributed by atoms with Gasteiger partial charge in [-0.1, -0.05) is 29.9 Å². The Morgan fingerprint density at radius 1 is 1.38 bits per heavy atom. The van der Waals surface area contributed by atoms with Crippen molar-refractivity contribution >= 4 is 17.2 Å². The Morgan fingerprint density at radius 3 is 2.71 bits per heavy atom. The van der Waals surface area contributed by atoms with Crippen LogP contribution in [0, 0.1) is 0 Å². The molecule has 1 aromatic heterocycles. The molecule has 1 fully saturated rings. The fraction of sp³-hybridized carbons (Fsp3) is 0.438. The van der Waals surface area contributed by atoms with Crippen LogP contribution in [0.5, 0.6) is 0 Å². The number of aryl methyl sites for hydroxylation is 1. The monoisotopic (exact) mass is 352 g/mol. The SMILES string of the molecule is Cn1nc(-c2ccc(C(N)=O)cc2)sc1=NC1CCCCC1(F)F. The summed E-state index contributed by atoms with van der Waals surface area (Å²) in [6, 6.07) is 5.72. The molecule has 0 spiro atoms. The number of carbonyl (C=O) groups is 1. The molecule has 1 saturated carbocycles. The van der Waals surface area contributed by atoms with Crippen molar-refractivity contribution in [1.82, 2.24) is 9.78 Å². The van der Waals surface area contributed by atoms with Gasteiger partial charge >= 0.3 is 0 Å². The van der Waals surface area contributed by atoms with Gasteiger partial charge in [0.15, 0.2) is 0 Å². The lowest BCUT2D eigenvalue weighted by atomic mass is 9.92. The van der Waals surface area contributed by atoms with Crippen LogP contribution in [-0.4, -0.2) is 27.7 Å². The lowest BCUT2D eigenvalue weighted by Crippen LogP contribution is -2.37. The minimum Gasteiger partial charge on any atom is -0.366 e. The maximum atomic E-state index is 14.0. The number of hydrogen-bond acceptors (Lipinski definition) is 4. The van der Waals surface area contributed by atoms with Crippen LogP contribution in [0.1, 0.15) is 36.0 Å². The van der Waals surface area contributed by atoms with E-state index in [1.54, 1.807) is 31.3 Å². The first-order chi connectivity index (χ1) is 11.4. The van der Waals surface area contributed by atoms with E-state index in [0.717, 1.165) is 12.0 Å². The number of rotatable bonds is 3. The van der Waals surface area contributed by atoms with E-state index in [2.05, 4.69) is 10.1 Å². The van der Waals surface area contributed by atoms with Crippen molar-refractivity contribution in [1.29, 1.82) is 0 Å². The first kappa shape index (κ1) is 16.8. The number of benzene rings is 1. The van der Waals surface area contributed by atoms with Crippen molar-refractivity contribution in [2.24, 2.45) is 17.8 Å². The van der Waals surface area contributed by atoms with Crippen molar-refractivity contribution in [3.63, 3.8) is 0 Å². The van der Waals surface area contributed by atoms with Crippen LogP contribution in [0.2, 0.25) is 0 Å². The van der Waals surface area contributed by atoms with E-state index in [9.17, 15) is 13.6 Å². The standard InChI is InChI=1S/C16H18F2N4OS/c1-22-15(20-12-4-2-3-9-16(12,17)18)24-14(21-22)11-7-5-10(6-8-11)13(19)23/h5-8,12H,2-4,9H2,1H3,(H2,19,23). The van der Waals surface area contributed by atoms with Crippen LogP contribution in [0.25, 0.3) is 10.6 Å². The minimum atomic E-state index is -2.75. The van der Waals surface area contributed by atoms with Gasteiger partial charge in [-0.05, 0) is 25.0 Å². The smallest absolute Gasteiger partial charge is 0.270 e. The van der Waals surface area contributed by atoms with Crippen LogP contribution >= 0.6 is 11.3 Å². The second-order valence-electron chi connectivity index (χ2n) is 5.91. The largest absolute Gasteiger partial charge is 0.366 e. The highest BCUT2D eigenvalue weighted by atomic mass is 32.1. The van der Waals surface area contributed by atoms with E-state index < -0.39 is 17.9 Å². The Morgan fingerprint density at radius 2 is 2.08 bits per heavy atom. The van der Waals surface area contributed by atoms with E-state index in [-0.39, 0.29) is 6.42 Å². The Balaban J connectivity index is 1.92. The third-order valence-corrected chi connectivity index (χ3v) is 5.18. The molecule has 1 unspecified atom stereocenters. The number of carbonyl (C=O) groups excluding carboxylic acids is 1. The summed E-state index contributed by atoms with van der Waals surface area (Å²) in [7, 11) is 1.69. The van der Waals surface area contributed by atoms with Crippen molar-refractivity contribution in [2.45, 2.75) is 37.6 Å². The van der Waals surface area contributed by atoms with Gasteiger partial charge in [-0.2, -0.15) is 5.10 Å². The van der Waals surface area contributed by atoms with Gasteiger partial charge in [0.2, 0.25) is 10.7 Å². The summed E-state index contributed by atoms with van der Waals surface area (Å²) < 4.78 is 29.5. The minimum absolute atomic E-state index is 0.106. The summed E-state index contributed by atoms with van der Waals surface area (Å²) in [5, 5.41) is 5.01. The normalized spacial score (nSPS) is 21.0. The maximum Gasteiger partial charge on any atom is 0.270 e. The Bertz CT molecular complexity index is 810. The van der Waals surface area contributed by atoms with Crippen LogP contribution in [0.3, 0.4) is 0 Å². The van der Waals surface area contributed by atoms with Crippen molar-refractivity contribution in [3.8, 4) is 10.6 Å². The van der Waals surface area contributed by atoms with Crippen molar-refractivity contribution in [2.75, 3.05) is 0 Å². The lowest BCUT2D eigenvalue weighted by Gasteiger charge is -2.27. The summed E-state index contributed by atoms with van der Waals surface area (Å²) in [5.41, 5.74) is 6.42. The number of alkyl halides is 2. The number of hydrogen-bond donors (Lipinski definition) is 1. The topological polar surface area (TPSA) is 73.3 Å². The van der Waals surface area contributed by atoms with E-state index in [0.29, 0.717) is 28.2 Å². The highest BCUT2D eigenvalue weighted by Crippen LogP contribution is 2.35. The average Bonchev–Trinajstić information content (AvgIpc) is 2.90. The van der Waals surface area contributed by atoms with Gasteiger partial charge in [0.05, 0.1) is 0 Å². The zero-order valence-corrected chi connectivity index (χ0v) is 14.0. The van der Waals surface area contributed by atoms with Gasteiger partial charge < -0.3 is 5.73 Å². The van der Waals surface area contributed by atoms with E-state index in [4.69, 9.17) is 5.73 Å². The number of aromatic nitrogens is 2. The molecule has 8 heteroatoms. The third-order valence-electron chi connectivity index (χ3n) is 4.11. The molecule has 0 aliphatic heterocycles. The number of amides is 1. The molecule has 2 aromatic rings. The molecular formula is C16H18F2N4OS. The molecule has 1 heterocycles. The van der Waals surface area contributed by atoms with Crippen LogP contribution in [-0.2, 0) is 7.05 Å². The molecule has 0 radical (unpaired) electrons. The summed E-state index contributed by atoms with van der Waals surface area (Å²) in [4.78, 5) is 15.8. The lowest BCUT2D eigenvalue weighted by molar-refractivity contribution is -0.0518. The number of nitrogens with zero attached hydrogens (tertiary/aromatic N) is 3. The molecule has 128 valence electrons. The number of halogens is 2. The first-order valence-electron chi connectivity index (χ1n) is 7.73. The van der Waals surface area contributed by atoms with Gasteiger partial charge in [-0.3, -0.25) is 4.79 Å². The second kappa shape index (κ2) is 6.43. The van der Waals surface area contributed by atoms with Crippen LogP contribution in [0.4, 0.5) is 8.78 Å². The highest BCUT2D eigenvalue weighted by molar-refractivity contribution is 7.12. The molecule has 1 amide bonds. The molecule has 1 atom stereocenters. The first-order valence-corrected chi connectivity index (χ1v) is 8.54. The molecule has 1 aliphatic rings. The predicted octanol–water partition coefficient (Wildman–Crippen LogP) is 2.73. The van der Waals surface area contributed by atoms with Crippen molar-refractivity contribution in [3.05, 3.63) is 34.6 Å².